The van der Waals surface area contributed by atoms with E-state index in [9.17, 15) is 14.7 Å². The molecule has 2 heterocycles. The van der Waals surface area contributed by atoms with E-state index in [1.165, 1.54) is 11.3 Å². The molecule has 7 heteroatoms. The molecule has 1 amide bonds. The molecule has 0 bridgehead atoms. The quantitative estimate of drug-likeness (QED) is 0.889. The van der Waals surface area contributed by atoms with Crippen LogP contribution in [-0.4, -0.2) is 47.0 Å². The highest BCUT2D eigenvalue weighted by Crippen LogP contribution is 2.35. The Labute approximate surface area is 144 Å². The van der Waals surface area contributed by atoms with Crippen LogP contribution in [0.25, 0.3) is 0 Å². The predicted molar refractivity (Wildman–Crippen MR) is 92.6 cm³/mol. The van der Waals surface area contributed by atoms with Gasteiger partial charge in [-0.15, -0.1) is 11.3 Å². The number of nitrogens with one attached hydrogen (secondary N) is 1. The van der Waals surface area contributed by atoms with Crippen molar-refractivity contribution in [3.63, 3.8) is 0 Å². The van der Waals surface area contributed by atoms with Gasteiger partial charge in [-0.1, -0.05) is 24.3 Å². The van der Waals surface area contributed by atoms with Gasteiger partial charge in [0.25, 0.3) is 5.91 Å². The van der Waals surface area contributed by atoms with Crippen LogP contribution in [-0.2, 0) is 4.79 Å². The highest BCUT2D eigenvalue weighted by atomic mass is 32.1. The Kier molecular flexibility index (Phi) is 4.53. The van der Waals surface area contributed by atoms with Crippen LogP contribution >= 0.6 is 11.3 Å². The van der Waals surface area contributed by atoms with Gasteiger partial charge < -0.3 is 15.3 Å². The highest BCUT2D eigenvalue weighted by Gasteiger charge is 2.41. The van der Waals surface area contributed by atoms with Gasteiger partial charge in [0.1, 0.15) is 5.69 Å². The Bertz CT molecular complexity index is 774. The minimum absolute atomic E-state index is 0.199. The number of benzene rings is 1. The molecule has 0 radical (unpaired) electrons. The maximum absolute atomic E-state index is 12.7. The van der Waals surface area contributed by atoms with Crippen molar-refractivity contribution >= 4 is 28.3 Å². The molecular formula is C17H19N3O3S. The molecule has 24 heavy (non-hydrogen) atoms. The lowest BCUT2D eigenvalue weighted by Gasteiger charge is -2.17. The minimum Gasteiger partial charge on any atom is -0.481 e. The zero-order valence-electron chi connectivity index (χ0n) is 13.5. The molecule has 6 nitrogen and oxygen atoms in total. The summed E-state index contributed by atoms with van der Waals surface area (Å²) >= 11 is 1.36. The molecule has 0 spiro atoms. The fourth-order valence-corrected chi connectivity index (χ4v) is 3.83. The number of aryl methyl sites for hydroxylation is 1. The number of aliphatic carboxylic acids is 1. The molecule has 1 fully saturated rings. The first-order chi connectivity index (χ1) is 11.5. The lowest BCUT2D eigenvalue weighted by molar-refractivity contribution is -0.141. The Morgan fingerprint density at radius 3 is 2.71 bits per heavy atom. The number of carbonyl (C=O) groups is 2. The number of carboxylic acid groups (broad SMARTS) is 1. The summed E-state index contributed by atoms with van der Waals surface area (Å²) < 4.78 is 0. The van der Waals surface area contributed by atoms with E-state index in [0.717, 1.165) is 11.1 Å². The van der Waals surface area contributed by atoms with Crippen molar-refractivity contribution in [3.8, 4) is 0 Å². The van der Waals surface area contributed by atoms with Crippen molar-refractivity contribution in [2.45, 2.75) is 12.8 Å². The van der Waals surface area contributed by atoms with Gasteiger partial charge in [-0.2, -0.15) is 0 Å². The van der Waals surface area contributed by atoms with E-state index < -0.39 is 11.9 Å². The Hall–Kier alpha value is -2.41. The van der Waals surface area contributed by atoms with Gasteiger partial charge in [-0.25, -0.2) is 4.98 Å². The lowest BCUT2D eigenvalue weighted by atomic mass is 9.86. The average Bonchev–Trinajstić information content (AvgIpc) is 3.22. The van der Waals surface area contributed by atoms with E-state index in [1.54, 1.807) is 17.3 Å². The van der Waals surface area contributed by atoms with E-state index >= 15 is 0 Å². The number of aromatic nitrogens is 1. The van der Waals surface area contributed by atoms with Crippen molar-refractivity contribution in [1.82, 2.24) is 9.88 Å². The second kappa shape index (κ2) is 6.60. The Morgan fingerprint density at radius 1 is 1.33 bits per heavy atom. The maximum Gasteiger partial charge on any atom is 0.308 e. The summed E-state index contributed by atoms with van der Waals surface area (Å²) in [7, 11) is 1.75. The average molecular weight is 345 g/mol. The van der Waals surface area contributed by atoms with Crippen LogP contribution < -0.4 is 5.32 Å². The molecule has 1 aromatic heterocycles. The normalized spacial score (nSPS) is 20.2. The molecule has 1 aliphatic rings. The molecule has 2 aromatic rings. The van der Waals surface area contributed by atoms with E-state index in [2.05, 4.69) is 10.3 Å². The van der Waals surface area contributed by atoms with Crippen LogP contribution in [0.4, 0.5) is 5.13 Å². The smallest absolute Gasteiger partial charge is 0.308 e. The van der Waals surface area contributed by atoms with Crippen molar-refractivity contribution < 1.29 is 14.7 Å². The first kappa shape index (κ1) is 16.4. The first-order valence-electron chi connectivity index (χ1n) is 7.72. The second-order valence-electron chi connectivity index (χ2n) is 5.91. The summed E-state index contributed by atoms with van der Waals surface area (Å²) in [5, 5.41) is 14.9. The molecule has 3 rings (SSSR count). The van der Waals surface area contributed by atoms with Crippen LogP contribution in [0.5, 0.6) is 0 Å². The number of thiazole rings is 1. The van der Waals surface area contributed by atoms with Gasteiger partial charge in [0.05, 0.1) is 5.92 Å². The molecule has 1 aromatic carbocycles. The summed E-state index contributed by atoms with van der Waals surface area (Å²) in [5.74, 6) is -1.88. The van der Waals surface area contributed by atoms with Crippen LogP contribution in [0, 0.1) is 12.8 Å². The molecule has 1 saturated heterocycles. The first-order valence-corrected chi connectivity index (χ1v) is 8.60. The number of carbonyl (C=O) groups excluding carboxylic acids is 1. The number of carboxylic acids is 1. The van der Waals surface area contributed by atoms with E-state index in [0.29, 0.717) is 17.4 Å². The molecular weight excluding hydrogens is 326 g/mol. The number of hydrogen-bond donors (Lipinski definition) is 2. The van der Waals surface area contributed by atoms with Crippen LogP contribution in [0.15, 0.2) is 29.6 Å². The minimum atomic E-state index is -0.868. The summed E-state index contributed by atoms with van der Waals surface area (Å²) in [4.78, 5) is 30.2. The van der Waals surface area contributed by atoms with Gasteiger partial charge >= 0.3 is 5.97 Å². The van der Waals surface area contributed by atoms with E-state index in [-0.39, 0.29) is 18.4 Å². The third-order valence-corrected chi connectivity index (χ3v) is 5.31. The van der Waals surface area contributed by atoms with E-state index in [1.807, 2.05) is 31.2 Å². The number of nitrogens with zero attached hydrogens (tertiary/aromatic N) is 2. The van der Waals surface area contributed by atoms with Gasteiger partial charge in [0.2, 0.25) is 0 Å². The van der Waals surface area contributed by atoms with Crippen molar-refractivity contribution in [1.29, 1.82) is 0 Å². The highest BCUT2D eigenvalue weighted by molar-refractivity contribution is 7.13. The largest absolute Gasteiger partial charge is 0.481 e. The fourth-order valence-electron chi connectivity index (χ4n) is 3.19. The van der Waals surface area contributed by atoms with E-state index in [4.69, 9.17) is 0 Å². The summed E-state index contributed by atoms with van der Waals surface area (Å²) in [6.45, 7) is 2.57. The summed E-state index contributed by atoms with van der Waals surface area (Å²) in [6, 6.07) is 7.76. The predicted octanol–water partition coefficient (Wildman–Crippen LogP) is 2.43. The monoisotopic (exact) mass is 345 g/mol. The van der Waals surface area contributed by atoms with Crippen molar-refractivity contribution in [2.75, 3.05) is 25.5 Å². The van der Waals surface area contributed by atoms with Crippen molar-refractivity contribution in [2.24, 2.45) is 5.92 Å². The lowest BCUT2D eigenvalue weighted by Crippen LogP contribution is -2.30. The number of amides is 1. The topological polar surface area (TPSA) is 82.5 Å². The fraction of sp³-hybridized carbons (Fsp3) is 0.353. The number of hydrogen-bond acceptors (Lipinski definition) is 5. The van der Waals surface area contributed by atoms with Gasteiger partial charge in [0, 0.05) is 31.4 Å². The van der Waals surface area contributed by atoms with Crippen LogP contribution in [0.3, 0.4) is 0 Å². The Balaban J connectivity index is 1.86. The molecule has 2 N–H and O–H groups in total. The molecule has 2 atom stereocenters. The second-order valence-corrected chi connectivity index (χ2v) is 6.76. The molecule has 1 aliphatic heterocycles. The number of anilines is 1. The molecule has 0 aliphatic carbocycles. The van der Waals surface area contributed by atoms with Crippen LogP contribution in [0.2, 0.25) is 0 Å². The standard InChI is InChI=1S/C17H19N3O3S/c1-10-5-3-4-6-11(10)12-7-20(8-13(12)16(22)23)15(21)14-9-24-17(18-2)19-14/h3-6,9,12-13H,7-8H2,1-2H3,(H,18,19)(H,22,23). The maximum atomic E-state index is 12.7. The number of likely N-dealkylation sites (tertiary alicyclic amines) is 1. The van der Waals surface area contributed by atoms with Gasteiger partial charge in [-0.05, 0) is 18.1 Å². The third-order valence-electron chi connectivity index (χ3n) is 4.45. The Morgan fingerprint density at radius 2 is 2.08 bits per heavy atom. The zero-order valence-corrected chi connectivity index (χ0v) is 14.3. The molecule has 2 unspecified atom stereocenters. The third kappa shape index (κ3) is 2.99. The SMILES string of the molecule is CNc1nc(C(=O)N2CC(C(=O)O)C(c3ccccc3C)C2)cs1. The summed E-state index contributed by atoms with van der Waals surface area (Å²) in [6.07, 6.45) is 0. The number of rotatable bonds is 4. The molecule has 126 valence electrons. The van der Waals surface area contributed by atoms with Crippen molar-refractivity contribution in [3.05, 3.63) is 46.5 Å². The van der Waals surface area contributed by atoms with Crippen LogP contribution in [0.1, 0.15) is 27.5 Å². The zero-order chi connectivity index (χ0) is 17.3. The van der Waals surface area contributed by atoms with Gasteiger partial charge in [-0.3, -0.25) is 9.59 Å². The summed E-state index contributed by atoms with van der Waals surface area (Å²) in [5.41, 5.74) is 2.41. The van der Waals surface area contributed by atoms with Gasteiger partial charge in [0.15, 0.2) is 5.13 Å². The molecule has 0 saturated carbocycles.